The van der Waals surface area contributed by atoms with Crippen LogP contribution in [-0.2, 0) is 6.54 Å². The van der Waals surface area contributed by atoms with Gasteiger partial charge in [0.2, 0.25) is 12.7 Å². The lowest BCUT2D eigenvalue weighted by Gasteiger charge is -2.13. The Morgan fingerprint density at radius 2 is 1.93 bits per heavy atom. The number of benzene rings is 2. The fourth-order valence-electron chi connectivity index (χ4n) is 3.10. The van der Waals surface area contributed by atoms with E-state index in [1.165, 1.54) is 0 Å². The fourth-order valence-corrected chi connectivity index (χ4v) is 3.10. The number of nitrogens with one attached hydrogen (secondary N) is 2. The second kappa shape index (κ2) is 8.18. The van der Waals surface area contributed by atoms with Gasteiger partial charge < -0.3 is 20.1 Å². The molecule has 0 unspecified atom stereocenters. The van der Waals surface area contributed by atoms with Crippen molar-refractivity contribution in [3.8, 4) is 11.5 Å². The Morgan fingerprint density at radius 1 is 1.10 bits per heavy atom. The quantitative estimate of drug-likeness (QED) is 0.662. The first-order chi connectivity index (χ1) is 14.1. The largest absolute Gasteiger partial charge is 0.454 e. The van der Waals surface area contributed by atoms with Gasteiger partial charge in [0.1, 0.15) is 5.69 Å². The Hall–Kier alpha value is -3.61. The van der Waals surface area contributed by atoms with Gasteiger partial charge in [0, 0.05) is 18.4 Å². The van der Waals surface area contributed by atoms with Crippen molar-refractivity contribution in [1.82, 2.24) is 15.3 Å². The van der Waals surface area contributed by atoms with Gasteiger partial charge in [-0.3, -0.25) is 4.79 Å². The monoisotopic (exact) mass is 390 g/mol. The number of ether oxygens (including phenoxy) is 2. The average molecular weight is 390 g/mol. The maximum atomic E-state index is 12.5. The first kappa shape index (κ1) is 18.7. The van der Waals surface area contributed by atoms with E-state index < -0.39 is 0 Å². The van der Waals surface area contributed by atoms with E-state index in [0.717, 1.165) is 16.8 Å². The zero-order valence-corrected chi connectivity index (χ0v) is 16.3. The van der Waals surface area contributed by atoms with Crippen molar-refractivity contribution < 1.29 is 14.3 Å². The average Bonchev–Trinajstić information content (AvgIpc) is 3.20. The highest BCUT2D eigenvalue weighted by atomic mass is 16.7. The minimum Gasteiger partial charge on any atom is -0.454 e. The third-order valence-corrected chi connectivity index (χ3v) is 4.61. The molecule has 0 radical (unpaired) electrons. The summed E-state index contributed by atoms with van der Waals surface area (Å²) in [6.07, 6.45) is 1.57. The van der Waals surface area contributed by atoms with Gasteiger partial charge in [-0.2, -0.15) is 0 Å². The van der Waals surface area contributed by atoms with Crippen LogP contribution in [0.2, 0.25) is 0 Å². The summed E-state index contributed by atoms with van der Waals surface area (Å²) in [6, 6.07) is 15.2. The molecule has 0 fully saturated rings. The van der Waals surface area contributed by atoms with Crippen LogP contribution in [0.15, 0.2) is 54.7 Å². The summed E-state index contributed by atoms with van der Waals surface area (Å²) in [4.78, 5) is 21.1. The van der Waals surface area contributed by atoms with Crippen molar-refractivity contribution in [3.05, 3.63) is 71.5 Å². The van der Waals surface area contributed by atoms with Crippen molar-refractivity contribution in [2.45, 2.75) is 26.3 Å². The van der Waals surface area contributed by atoms with Crippen LogP contribution in [0.5, 0.6) is 11.5 Å². The molecule has 0 bridgehead atoms. The zero-order valence-electron chi connectivity index (χ0n) is 16.3. The van der Waals surface area contributed by atoms with Crippen LogP contribution in [0.1, 0.15) is 41.4 Å². The topological polar surface area (TPSA) is 85.4 Å². The second-order valence-corrected chi connectivity index (χ2v) is 7.00. The van der Waals surface area contributed by atoms with Gasteiger partial charge in [0.25, 0.3) is 5.91 Å². The number of hydrogen-bond donors (Lipinski definition) is 2. The number of hydrogen-bond acceptors (Lipinski definition) is 6. The fraction of sp³-hybridized carbons (Fsp3) is 0.227. The Balaban J connectivity index is 1.44. The molecular formula is C22H22N4O3. The van der Waals surface area contributed by atoms with Crippen LogP contribution in [0.25, 0.3) is 0 Å². The van der Waals surface area contributed by atoms with E-state index in [2.05, 4.69) is 40.5 Å². The molecule has 4 rings (SSSR count). The Labute approximate surface area is 169 Å². The van der Waals surface area contributed by atoms with Crippen LogP contribution in [0.4, 0.5) is 11.6 Å². The molecule has 29 heavy (non-hydrogen) atoms. The lowest BCUT2D eigenvalue weighted by Crippen LogP contribution is -2.24. The molecule has 0 aliphatic carbocycles. The summed E-state index contributed by atoms with van der Waals surface area (Å²) in [7, 11) is 0. The molecule has 1 aromatic heterocycles. The Bertz CT molecular complexity index is 1040. The van der Waals surface area contributed by atoms with E-state index in [1.807, 2.05) is 36.4 Å². The molecule has 148 valence electrons. The number of aromatic nitrogens is 2. The van der Waals surface area contributed by atoms with Crippen molar-refractivity contribution >= 4 is 17.5 Å². The summed E-state index contributed by atoms with van der Waals surface area (Å²) >= 11 is 0. The van der Waals surface area contributed by atoms with E-state index in [4.69, 9.17) is 9.47 Å². The highest BCUT2D eigenvalue weighted by Crippen LogP contribution is 2.32. The predicted octanol–water partition coefficient (Wildman–Crippen LogP) is 4.00. The molecule has 0 saturated heterocycles. The maximum Gasteiger partial charge on any atom is 0.270 e. The highest BCUT2D eigenvalue weighted by Gasteiger charge is 2.14. The molecule has 7 nitrogen and oxygen atoms in total. The number of fused-ring (bicyclic) bond motifs is 1. The van der Waals surface area contributed by atoms with E-state index >= 15 is 0 Å². The smallest absolute Gasteiger partial charge is 0.270 e. The molecule has 1 aliphatic heterocycles. The molecule has 2 aromatic carbocycles. The first-order valence-corrected chi connectivity index (χ1v) is 9.46. The van der Waals surface area contributed by atoms with Crippen molar-refractivity contribution in [1.29, 1.82) is 0 Å². The van der Waals surface area contributed by atoms with Gasteiger partial charge in [-0.05, 0) is 41.3 Å². The molecule has 2 N–H and O–H groups in total. The molecule has 0 atom stereocenters. The lowest BCUT2D eigenvalue weighted by atomic mass is 10.0. The Morgan fingerprint density at radius 3 is 2.79 bits per heavy atom. The van der Waals surface area contributed by atoms with Crippen LogP contribution < -0.4 is 20.1 Å². The van der Waals surface area contributed by atoms with Gasteiger partial charge in [-0.25, -0.2) is 9.97 Å². The third-order valence-electron chi connectivity index (χ3n) is 4.61. The van der Waals surface area contributed by atoms with E-state index in [-0.39, 0.29) is 12.7 Å². The Kier molecular flexibility index (Phi) is 5.29. The minimum absolute atomic E-state index is 0.224. The predicted molar refractivity (Wildman–Crippen MR) is 110 cm³/mol. The van der Waals surface area contributed by atoms with Crippen LogP contribution in [-0.4, -0.2) is 22.7 Å². The van der Waals surface area contributed by atoms with Crippen molar-refractivity contribution in [3.63, 3.8) is 0 Å². The third kappa shape index (κ3) is 4.29. The molecule has 1 aliphatic rings. The van der Waals surface area contributed by atoms with Gasteiger partial charge in [0.05, 0.1) is 0 Å². The number of rotatable bonds is 6. The number of amides is 1. The van der Waals surface area contributed by atoms with Crippen molar-refractivity contribution in [2.24, 2.45) is 0 Å². The summed E-state index contributed by atoms with van der Waals surface area (Å²) in [5, 5.41) is 6.09. The van der Waals surface area contributed by atoms with Crippen LogP contribution in [0.3, 0.4) is 0 Å². The van der Waals surface area contributed by atoms with Crippen molar-refractivity contribution in [2.75, 3.05) is 12.1 Å². The zero-order chi connectivity index (χ0) is 20.2. The molecule has 0 spiro atoms. The van der Waals surface area contributed by atoms with Gasteiger partial charge in [-0.1, -0.05) is 38.1 Å². The lowest BCUT2D eigenvalue weighted by molar-refractivity contribution is 0.0946. The number of para-hydroxylation sites is 1. The van der Waals surface area contributed by atoms with Crippen LogP contribution in [0, 0.1) is 0 Å². The van der Waals surface area contributed by atoms with Gasteiger partial charge >= 0.3 is 0 Å². The summed E-state index contributed by atoms with van der Waals surface area (Å²) in [5.74, 6) is 1.87. The number of anilines is 2. The summed E-state index contributed by atoms with van der Waals surface area (Å²) < 4.78 is 10.7. The van der Waals surface area contributed by atoms with Gasteiger partial charge in [-0.15, -0.1) is 0 Å². The normalized spacial score (nSPS) is 12.1. The number of carbonyl (C=O) groups excluding carboxylic acids is 1. The van der Waals surface area contributed by atoms with Gasteiger partial charge in [0.15, 0.2) is 11.5 Å². The minimum atomic E-state index is -0.273. The standard InChI is InChI=1S/C22H22N4O3/c1-14(2)16-5-3-4-6-17(16)25-22-23-10-9-18(26-22)21(27)24-12-15-7-8-19-20(11-15)29-13-28-19/h3-11,14H,12-13H2,1-2H3,(H,24,27)(H,23,25,26). The number of carbonyl (C=O) groups is 1. The highest BCUT2D eigenvalue weighted by molar-refractivity contribution is 5.92. The summed E-state index contributed by atoms with van der Waals surface area (Å²) in [6.45, 7) is 4.84. The van der Waals surface area contributed by atoms with E-state index in [1.54, 1.807) is 12.3 Å². The molecule has 2 heterocycles. The number of nitrogens with zero attached hydrogens (tertiary/aromatic N) is 2. The van der Waals surface area contributed by atoms with E-state index in [0.29, 0.717) is 35.6 Å². The molecule has 3 aromatic rings. The molecular weight excluding hydrogens is 368 g/mol. The molecule has 7 heteroatoms. The first-order valence-electron chi connectivity index (χ1n) is 9.46. The molecule has 1 amide bonds. The summed E-state index contributed by atoms with van der Waals surface area (Å²) in [5.41, 5.74) is 3.31. The SMILES string of the molecule is CC(C)c1ccccc1Nc1nccc(C(=O)NCc2ccc3c(c2)OCO3)n1. The van der Waals surface area contributed by atoms with Crippen LogP contribution >= 0.6 is 0 Å². The van der Waals surface area contributed by atoms with E-state index in [9.17, 15) is 4.79 Å². The second-order valence-electron chi connectivity index (χ2n) is 7.00. The maximum absolute atomic E-state index is 12.5. The molecule has 0 saturated carbocycles.